The molecule has 0 aliphatic carbocycles. The molecule has 2 aromatic rings. The Morgan fingerprint density at radius 3 is 2.36 bits per heavy atom. The highest BCUT2D eigenvalue weighted by atomic mass is 35.5. The van der Waals surface area contributed by atoms with Crippen LogP contribution in [-0.4, -0.2) is 16.1 Å². The Labute approximate surface area is 150 Å². The van der Waals surface area contributed by atoms with Crippen molar-refractivity contribution in [2.24, 2.45) is 0 Å². The van der Waals surface area contributed by atoms with Gasteiger partial charge in [0, 0.05) is 23.8 Å². The van der Waals surface area contributed by atoms with Crippen LogP contribution in [-0.2, 0) is 6.54 Å². The first-order valence-electron chi connectivity index (χ1n) is 7.05. The van der Waals surface area contributed by atoms with Crippen LogP contribution in [0, 0.1) is 13.8 Å². The van der Waals surface area contributed by atoms with Gasteiger partial charge < -0.3 is 9.88 Å². The predicted molar refractivity (Wildman–Crippen MR) is 98.7 cm³/mol. The normalized spacial score (nSPS) is 11.5. The fourth-order valence-electron chi connectivity index (χ4n) is 2.33. The second-order valence-corrected chi connectivity index (χ2v) is 5.64. The molecule has 0 bridgehead atoms. The summed E-state index contributed by atoms with van der Waals surface area (Å²) < 4.78 is 2.21. The minimum absolute atomic E-state index is 0. The van der Waals surface area contributed by atoms with Crippen molar-refractivity contribution in [2.75, 3.05) is 6.54 Å². The van der Waals surface area contributed by atoms with E-state index in [1.807, 2.05) is 19.1 Å². The highest BCUT2D eigenvalue weighted by Crippen LogP contribution is 2.15. The summed E-state index contributed by atoms with van der Waals surface area (Å²) in [6.07, 6.45) is 3.20. The zero-order valence-corrected chi connectivity index (χ0v) is 15.6. The van der Waals surface area contributed by atoms with Crippen molar-refractivity contribution < 1.29 is 0 Å². The monoisotopic (exact) mass is 363 g/mol. The highest BCUT2D eigenvalue weighted by Gasteiger charge is 2.04. The zero-order chi connectivity index (χ0) is 14.5. The van der Waals surface area contributed by atoms with E-state index in [9.17, 15) is 0 Å². The number of nitrogens with one attached hydrogen (secondary N) is 1. The van der Waals surface area contributed by atoms with E-state index >= 15 is 0 Å². The van der Waals surface area contributed by atoms with Crippen LogP contribution in [0.4, 0.5) is 0 Å². The molecule has 22 heavy (non-hydrogen) atoms. The summed E-state index contributed by atoms with van der Waals surface area (Å²) in [6.45, 7) is 8.25. The summed E-state index contributed by atoms with van der Waals surface area (Å²) in [5, 5.41) is 4.32. The van der Waals surface area contributed by atoms with Crippen molar-refractivity contribution >= 4 is 36.4 Å². The molecule has 3 nitrogen and oxygen atoms in total. The number of hydrogen-bond acceptors (Lipinski definition) is 2. The molecule has 1 heterocycles. The van der Waals surface area contributed by atoms with Gasteiger partial charge in [0.1, 0.15) is 5.82 Å². The lowest BCUT2D eigenvalue weighted by molar-refractivity contribution is 0.523. The van der Waals surface area contributed by atoms with Crippen molar-refractivity contribution in [3.63, 3.8) is 0 Å². The second kappa shape index (κ2) is 10.1. The van der Waals surface area contributed by atoms with Crippen LogP contribution in [0.2, 0.25) is 5.02 Å². The summed E-state index contributed by atoms with van der Waals surface area (Å²) in [4.78, 5) is 4.41. The van der Waals surface area contributed by atoms with Gasteiger partial charge in [0.05, 0.1) is 5.69 Å². The SMILES string of the molecule is Cc1cn(CCCNC(C)c2ccc(Cl)cc2)c(C)n1.Cl.Cl. The molecule has 0 amide bonds. The number of benzene rings is 1. The van der Waals surface area contributed by atoms with E-state index in [1.165, 1.54) is 5.56 Å². The maximum atomic E-state index is 5.90. The van der Waals surface area contributed by atoms with Gasteiger partial charge in [-0.05, 0) is 51.4 Å². The fourth-order valence-corrected chi connectivity index (χ4v) is 2.46. The third kappa shape index (κ3) is 6.17. The number of rotatable bonds is 6. The number of hydrogen-bond donors (Lipinski definition) is 1. The lowest BCUT2D eigenvalue weighted by Crippen LogP contribution is -2.21. The lowest BCUT2D eigenvalue weighted by atomic mass is 10.1. The van der Waals surface area contributed by atoms with Crippen molar-refractivity contribution in [1.29, 1.82) is 0 Å². The molecule has 1 unspecified atom stereocenters. The van der Waals surface area contributed by atoms with Gasteiger partial charge in [-0.2, -0.15) is 0 Å². The first kappa shape index (κ1) is 21.3. The van der Waals surface area contributed by atoms with E-state index in [-0.39, 0.29) is 24.8 Å². The van der Waals surface area contributed by atoms with E-state index in [1.54, 1.807) is 0 Å². The third-order valence-electron chi connectivity index (χ3n) is 3.49. The Morgan fingerprint density at radius 1 is 1.18 bits per heavy atom. The Bertz CT molecular complexity index is 552. The maximum absolute atomic E-state index is 5.90. The van der Waals surface area contributed by atoms with Crippen LogP contribution in [0.5, 0.6) is 0 Å². The molecule has 124 valence electrons. The minimum Gasteiger partial charge on any atom is -0.335 e. The average molecular weight is 365 g/mol. The highest BCUT2D eigenvalue weighted by molar-refractivity contribution is 6.30. The average Bonchev–Trinajstić information content (AvgIpc) is 2.73. The first-order chi connectivity index (χ1) is 9.56. The van der Waals surface area contributed by atoms with Gasteiger partial charge in [0.2, 0.25) is 0 Å². The minimum atomic E-state index is 0. The van der Waals surface area contributed by atoms with Crippen LogP contribution < -0.4 is 5.32 Å². The maximum Gasteiger partial charge on any atom is 0.105 e. The van der Waals surface area contributed by atoms with Crippen LogP contribution in [0.15, 0.2) is 30.5 Å². The molecule has 0 spiro atoms. The third-order valence-corrected chi connectivity index (χ3v) is 3.74. The van der Waals surface area contributed by atoms with Gasteiger partial charge in [-0.25, -0.2) is 4.98 Å². The smallest absolute Gasteiger partial charge is 0.105 e. The van der Waals surface area contributed by atoms with Crippen molar-refractivity contribution in [2.45, 2.75) is 39.8 Å². The Morgan fingerprint density at radius 2 is 1.82 bits per heavy atom. The summed E-state index contributed by atoms with van der Waals surface area (Å²) in [5.41, 5.74) is 2.36. The number of imidazole rings is 1. The molecular formula is C16H24Cl3N3. The van der Waals surface area contributed by atoms with E-state index in [2.05, 4.69) is 47.0 Å². The van der Waals surface area contributed by atoms with E-state index < -0.39 is 0 Å². The molecule has 1 N–H and O–H groups in total. The van der Waals surface area contributed by atoms with Crippen LogP contribution >= 0.6 is 36.4 Å². The van der Waals surface area contributed by atoms with E-state index in [4.69, 9.17) is 11.6 Å². The van der Waals surface area contributed by atoms with E-state index in [0.717, 1.165) is 36.1 Å². The standard InChI is InChI=1S/C16H22ClN3.2ClH/c1-12-11-20(14(3)19-12)10-4-9-18-13(2)15-5-7-16(17)8-6-15;;/h5-8,11,13,18H,4,9-10H2,1-3H3;2*1H. The summed E-state index contributed by atoms with van der Waals surface area (Å²) >= 11 is 5.90. The fraction of sp³-hybridized carbons (Fsp3) is 0.438. The van der Waals surface area contributed by atoms with Gasteiger partial charge in [0.25, 0.3) is 0 Å². The van der Waals surface area contributed by atoms with Crippen molar-refractivity contribution in [1.82, 2.24) is 14.9 Å². The lowest BCUT2D eigenvalue weighted by Gasteiger charge is -2.14. The van der Waals surface area contributed by atoms with E-state index in [0.29, 0.717) is 6.04 Å². The largest absolute Gasteiger partial charge is 0.335 e. The molecule has 0 radical (unpaired) electrons. The Kier molecular flexibility index (Phi) is 9.77. The van der Waals surface area contributed by atoms with Crippen LogP contribution in [0.1, 0.15) is 36.5 Å². The predicted octanol–water partition coefficient (Wildman–Crippen LogP) is 4.74. The molecule has 0 saturated heterocycles. The molecule has 0 aliphatic heterocycles. The molecule has 1 aromatic heterocycles. The van der Waals surface area contributed by atoms with Gasteiger partial charge >= 0.3 is 0 Å². The van der Waals surface area contributed by atoms with Gasteiger partial charge in [-0.3, -0.25) is 0 Å². The number of aryl methyl sites for hydroxylation is 3. The molecule has 0 saturated carbocycles. The van der Waals surface area contributed by atoms with Crippen LogP contribution in [0.25, 0.3) is 0 Å². The quantitative estimate of drug-likeness (QED) is 0.750. The molecule has 6 heteroatoms. The zero-order valence-electron chi connectivity index (χ0n) is 13.2. The summed E-state index contributed by atoms with van der Waals surface area (Å²) in [7, 11) is 0. The first-order valence-corrected chi connectivity index (χ1v) is 7.43. The summed E-state index contributed by atoms with van der Waals surface area (Å²) in [6, 6.07) is 8.37. The molecule has 1 atom stereocenters. The number of nitrogens with zero attached hydrogens (tertiary/aromatic N) is 2. The Hall–Kier alpha value is -0.740. The Balaban J connectivity index is 0.00000220. The molecule has 1 aromatic carbocycles. The van der Waals surface area contributed by atoms with Crippen LogP contribution in [0.3, 0.4) is 0 Å². The number of aromatic nitrogens is 2. The second-order valence-electron chi connectivity index (χ2n) is 5.20. The molecule has 0 fully saturated rings. The van der Waals surface area contributed by atoms with Gasteiger partial charge in [-0.1, -0.05) is 23.7 Å². The van der Waals surface area contributed by atoms with Gasteiger partial charge in [0.15, 0.2) is 0 Å². The number of halogens is 3. The summed E-state index contributed by atoms with van der Waals surface area (Å²) in [5.74, 6) is 1.09. The molecule has 2 rings (SSSR count). The molecular weight excluding hydrogens is 341 g/mol. The van der Waals surface area contributed by atoms with Gasteiger partial charge in [-0.15, -0.1) is 24.8 Å². The van der Waals surface area contributed by atoms with Crippen molar-refractivity contribution in [3.05, 3.63) is 52.6 Å². The topological polar surface area (TPSA) is 29.9 Å². The molecule has 0 aliphatic rings. The van der Waals surface area contributed by atoms with Crippen molar-refractivity contribution in [3.8, 4) is 0 Å².